The second-order valence-electron chi connectivity index (χ2n) is 7.72. The summed E-state index contributed by atoms with van der Waals surface area (Å²) in [4.78, 5) is 2.58. The van der Waals surface area contributed by atoms with Crippen LogP contribution in [0.2, 0.25) is 0 Å². The molecule has 0 bridgehead atoms. The Bertz CT molecular complexity index is 421. The molecule has 1 fully saturated rings. The van der Waals surface area contributed by atoms with Gasteiger partial charge in [-0.1, -0.05) is 38.8 Å². The van der Waals surface area contributed by atoms with Crippen molar-refractivity contribution >= 4 is 0 Å². The number of nitrogens with zero attached hydrogens (tertiary/aromatic N) is 4. The molecule has 2 heterocycles. The minimum atomic E-state index is 0. The van der Waals surface area contributed by atoms with Crippen molar-refractivity contribution in [1.29, 1.82) is 0 Å². The quantitative estimate of drug-likeness (QED) is 0.750. The summed E-state index contributed by atoms with van der Waals surface area (Å²) in [6, 6.07) is 0. The minimum Gasteiger partial charge on any atom is -0.314 e. The van der Waals surface area contributed by atoms with Crippen molar-refractivity contribution in [1.82, 2.24) is 25.2 Å². The maximum Gasteiger partial charge on any atom is 0.0832 e. The standard InChI is InChI=1S/C17H33N5.H2/c1-17(2,3)14-16-15-22(20-19-16)11-7-5-4-6-10-21-12-8-18-9-13-21;/h15,18H,4-14H2,1-3H3;1H. The minimum absolute atomic E-state index is 0. The highest BCUT2D eigenvalue weighted by molar-refractivity contribution is 4.95. The molecule has 0 saturated carbocycles. The van der Waals surface area contributed by atoms with Crippen LogP contribution in [0.3, 0.4) is 0 Å². The molecule has 0 spiro atoms. The van der Waals surface area contributed by atoms with E-state index in [2.05, 4.69) is 47.5 Å². The van der Waals surface area contributed by atoms with E-state index in [0.29, 0.717) is 0 Å². The van der Waals surface area contributed by atoms with Crippen LogP contribution in [-0.2, 0) is 13.0 Å². The molecular formula is C17H35N5. The van der Waals surface area contributed by atoms with Crippen LogP contribution in [0.5, 0.6) is 0 Å². The predicted octanol–water partition coefficient (Wildman–Crippen LogP) is 2.58. The Hall–Kier alpha value is -0.940. The normalized spacial score (nSPS) is 17.0. The molecule has 1 aromatic heterocycles. The summed E-state index contributed by atoms with van der Waals surface area (Å²) >= 11 is 0. The summed E-state index contributed by atoms with van der Waals surface area (Å²) in [5, 5.41) is 11.9. The first-order valence-corrected chi connectivity index (χ1v) is 8.85. The number of aryl methyl sites for hydroxylation is 1. The first-order chi connectivity index (χ1) is 10.5. The van der Waals surface area contributed by atoms with Gasteiger partial charge in [-0.25, -0.2) is 0 Å². The Kier molecular flexibility index (Phi) is 6.83. The maximum absolute atomic E-state index is 4.28. The average Bonchev–Trinajstić information content (AvgIpc) is 2.89. The molecule has 0 aromatic carbocycles. The van der Waals surface area contributed by atoms with Crippen molar-refractivity contribution in [2.45, 2.75) is 59.4 Å². The number of piperazine rings is 1. The van der Waals surface area contributed by atoms with E-state index < -0.39 is 0 Å². The Labute approximate surface area is 136 Å². The zero-order valence-corrected chi connectivity index (χ0v) is 14.6. The van der Waals surface area contributed by atoms with Crippen LogP contribution < -0.4 is 5.32 Å². The van der Waals surface area contributed by atoms with E-state index in [9.17, 15) is 0 Å². The van der Waals surface area contributed by atoms with Gasteiger partial charge in [0.15, 0.2) is 0 Å². The van der Waals surface area contributed by atoms with Gasteiger partial charge in [-0.2, -0.15) is 0 Å². The van der Waals surface area contributed by atoms with Crippen molar-refractivity contribution in [3.8, 4) is 0 Å². The third-order valence-electron chi connectivity index (χ3n) is 4.12. The van der Waals surface area contributed by atoms with Gasteiger partial charge in [0.25, 0.3) is 0 Å². The van der Waals surface area contributed by atoms with Crippen molar-refractivity contribution in [2.24, 2.45) is 5.41 Å². The van der Waals surface area contributed by atoms with Gasteiger partial charge in [-0.15, -0.1) is 5.10 Å². The summed E-state index contributed by atoms with van der Waals surface area (Å²) in [6.07, 6.45) is 8.27. The van der Waals surface area contributed by atoms with E-state index in [4.69, 9.17) is 0 Å². The second kappa shape index (κ2) is 8.63. The third-order valence-corrected chi connectivity index (χ3v) is 4.12. The number of unbranched alkanes of at least 4 members (excludes halogenated alkanes) is 3. The summed E-state index contributed by atoms with van der Waals surface area (Å²) < 4.78 is 2.01. The largest absolute Gasteiger partial charge is 0.314 e. The van der Waals surface area contributed by atoms with Crippen LogP contribution >= 0.6 is 0 Å². The molecule has 1 N–H and O–H groups in total. The molecule has 1 aliphatic heterocycles. The van der Waals surface area contributed by atoms with Gasteiger partial charge in [0, 0.05) is 40.3 Å². The molecule has 5 heteroatoms. The summed E-state index contributed by atoms with van der Waals surface area (Å²) in [5.41, 5.74) is 1.40. The molecule has 0 atom stereocenters. The molecular weight excluding hydrogens is 274 g/mol. The van der Waals surface area contributed by atoms with Gasteiger partial charge in [0.2, 0.25) is 0 Å². The lowest BCUT2D eigenvalue weighted by Gasteiger charge is -2.26. The summed E-state index contributed by atoms with van der Waals surface area (Å²) in [5.74, 6) is 0. The van der Waals surface area contributed by atoms with E-state index in [1.165, 1.54) is 45.3 Å². The van der Waals surface area contributed by atoms with Gasteiger partial charge in [0.1, 0.15) is 0 Å². The van der Waals surface area contributed by atoms with Gasteiger partial charge < -0.3 is 10.2 Å². The van der Waals surface area contributed by atoms with Gasteiger partial charge >= 0.3 is 0 Å². The Morgan fingerprint density at radius 2 is 1.77 bits per heavy atom. The van der Waals surface area contributed by atoms with Gasteiger partial charge in [0.05, 0.1) is 5.69 Å². The third kappa shape index (κ3) is 6.88. The molecule has 1 saturated heterocycles. The molecule has 128 valence electrons. The summed E-state index contributed by atoms with van der Waals surface area (Å²) in [6.45, 7) is 13.7. The fourth-order valence-electron chi connectivity index (χ4n) is 2.97. The SMILES string of the molecule is CC(C)(C)Cc1cn(CCCCCCN2CCNCC2)nn1.[HH]. The second-order valence-corrected chi connectivity index (χ2v) is 7.72. The number of hydrogen-bond acceptors (Lipinski definition) is 4. The highest BCUT2D eigenvalue weighted by atomic mass is 15.4. The number of aromatic nitrogens is 3. The lowest BCUT2D eigenvalue weighted by Crippen LogP contribution is -2.43. The van der Waals surface area contributed by atoms with Gasteiger partial charge in [-0.05, 0) is 31.2 Å². The number of rotatable bonds is 8. The molecule has 0 amide bonds. The molecule has 22 heavy (non-hydrogen) atoms. The van der Waals surface area contributed by atoms with E-state index in [0.717, 1.165) is 31.7 Å². The lowest BCUT2D eigenvalue weighted by atomic mass is 9.91. The van der Waals surface area contributed by atoms with Crippen LogP contribution in [0.25, 0.3) is 0 Å². The zero-order chi connectivity index (χ0) is 15.8. The van der Waals surface area contributed by atoms with Crippen LogP contribution in [0.15, 0.2) is 6.20 Å². The first-order valence-electron chi connectivity index (χ1n) is 8.85. The number of nitrogens with one attached hydrogen (secondary N) is 1. The topological polar surface area (TPSA) is 46.0 Å². The highest BCUT2D eigenvalue weighted by Gasteiger charge is 2.13. The van der Waals surface area contributed by atoms with Gasteiger partial charge in [-0.3, -0.25) is 4.68 Å². The fourth-order valence-corrected chi connectivity index (χ4v) is 2.97. The average molecular weight is 310 g/mol. The smallest absolute Gasteiger partial charge is 0.0832 e. The number of hydrogen-bond donors (Lipinski definition) is 1. The van der Waals surface area contributed by atoms with E-state index in [-0.39, 0.29) is 6.84 Å². The predicted molar refractivity (Wildman–Crippen MR) is 93.1 cm³/mol. The molecule has 0 radical (unpaired) electrons. The highest BCUT2D eigenvalue weighted by Crippen LogP contribution is 2.18. The Balaban J connectivity index is 0.00000264. The Morgan fingerprint density at radius 3 is 2.45 bits per heavy atom. The first kappa shape index (κ1) is 17.4. The van der Waals surface area contributed by atoms with Crippen molar-refractivity contribution < 1.29 is 1.43 Å². The Morgan fingerprint density at radius 1 is 1.09 bits per heavy atom. The van der Waals surface area contributed by atoms with Crippen molar-refractivity contribution in [3.05, 3.63) is 11.9 Å². The lowest BCUT2D eigenvalue weighted by molar-refractivity contribution is 0.235. The molecule has 2 rings (SSSR count). The van der Waals surface area contributed by atoms with Crippen LogP contribution in [0.4, 0.5) is 0 Å². The van der Waals surface area contributed by atoms with Crippen molar-refractivity contribution in [2.75, 3.05) is 32.7 Å². The molecule has 0 unspecified atom stereocenters. The summed E-state index contributed by atoms with van der Waals surface area (Å²) in [7, 11) is 0. The van der Waals surface area contributed by atoms with Crippen molar-refractivity contribution in [3.63, 3.8) is 0 Å². The van der Waals surface area contributed by atoms with Crippen LogP contribution in [-0.4, -0.2) is 52.6 Å². The van der Waals surface area contributed by atoms with E-state index in [1.54, 1.807) is 0 Å². The molecule has 1 aliphatic rings. The molecule has 0 aliphatic carbocycles. The van der Waals surface area contributed by atoms with Crippen LogP contribution in [0, 0.1) is 5.41 Å². The molecule has 1 aromatic rings. The maximum atomic E-state index is 4.28. The van der Waals surface area contributed by atoms with E-state index >= 15 is 0 Å². The fraction of sp³-hybridized carbons (Fsp3) is 0.882. The molecule has 5 nitrogen and oxygen atoms in total. The van der Waals surface area contributed by atoms with E-state index in [1.807, 2.05) is 4.68 Å². The monoisotopic (exact) mass is 309 g/mol. The zero-order valence-electron chi connectivity index (χ0n) is 14.6. The van der Waals surface area contributed by atoms with Crippen LogP contribution in [0.1, 0.15) is 53.6 Å².